The lowest BCUT2D eigenvalue weighted by Gasteiger charge is -2.45. The maximum atomic E-state index is 12.3. The number of hydrogen-bond donors (Lipinski definition) is 1. The summed E-state index contributed by atoms with van der Waals surface area (Å²) in [6.45, 7) is -2.23. The highest BCUT2D eigenvalue weighted by atomic mass is 32.3. The minimum atomic E-state index is -5.86. The van der Waals surface area contributed by atoms with E-state index in [-0.39, 0.29) is 0 Å². The maximum Gasteiger partial charge on any atom is 0.239 e. The zero-order chi connectivity index (χ0) is 30.4. The Bertz CT molecular complexity index is 1290. The first-order valence-corrected chi connectivity index (χ1v) is 15.1. The van der Waals surface area contributed by atoms with Crippen molar-refractivity contribution in [2.45, 2.75) is 37.6 Å². The molecule has 1 N–H and O–H groups in total. The highest BCUT2D eigenvalue weighted by Crippen LogP contribution is 2.31. The number of methoxy groups -OCH3 is 1. The molecule has 0 aromatic rings. The van der Waals surface area contributed by atoms with Crippen LogP contribution in [0.2, 0.25) is 0 Å². The molecule has 22 nitrogen and oxygen atoms in total. The lowest BCUT2D eigenvalue weighted by molar-refractivity contribution is -0.274. The molecule has 5 atom stereocenters. The summed E-state index contributed by atoms with van der Waals surface area (Å²) >= 11 is 0. The number of carbonyl (C=O) groups is 2. The van der Waals surface area contributed by atoms with Crippen molar-refractivity contribution in [2.24, 2.45) is 0 Å². The largest absolute Gasteiger partial charge is 0.726 e. The average molecular weight is 653 g/mol. The normalized spacial score (nSPS) is 24.7. The Morgan fingerprint density at radius 2 is 1.31 bits per heavy atom. The molecular formula is C13H20N2O20S4-4. The van der Waals surface area contributed by atoms with Gasteiger partial charge >= 0.3 is 0 Å². The van der Waals surface area contributed by atoms with Crippen LogP contribution in [-0.4, -0.2) is 133 Å². The number of ether oxygens (including phenoxy) is 2. The van der Waals surface area contributed by atoms with Gasteiger partial charge in [-0.05, 0) is 0 Å². The molecule has 1 heterocycles. The highest BCUT2D eigenvalue weighted by Gasteiger charge is 2.51. The van der Waals surface area contributed by atoms with Crippen molar-refractivity contribution in [3.8, 4) is 0 Å². The number of nitrogens with zero attached hydrogens (tertiary/aromatic N) is 1. The Kier molecular flexibility index (Phi) is 12.5. The first-order chi connectivity index (χ1) is 17.5. The fourth-order valence-corrected chi connectivity index (χ4v) is 4.76. The third-order valence-electron chi connectivity index (χ3n) is 4.38. The highest BCUT2D eigenvalue weighted by molar-refractivity contribution is 7.81. The zero-order valence-electron chi connectivity index (χ0n) is 19.5. The molecule has 1 rings (SSSR count). The van der Waals surface area contributed by atoms with Gasteiger partial charge in [0.1, 0.15) is 18.3 Å². The molecule has 0 bridgehead atoms. The van der Waals surface area contributed by atoms with Gasteiger partial charge in [-0.2, -0.15) is 0 Å². The monoisotopic (exact) mass is 652 g/mol. The third-order valence-corrected chi connectivity index (χ3v) is 6.21. The smallest absolute Gasteiger partial charge is 0.239 e. The SMILES string of the molecule is CO[C@H]1O[C@H](CNC(=O)CN(CCOS(=O)(=O)[O-])C(C)=O)[C@@H](OS(=O)(=O)[O-])[C@H](OS(=O)(=O)[O-])[C@@H]1OS(=O)(=O)[O-]. The average Bonchev–Trinajstić information content (AvgIpc) is 2.71. The van der Waals surface area contributed by atoms with E-state index in [1.54, 1.807) is 0 Å². The summed E-state index contributed by atoms with van der Waals surface area (Å²) in [5.74, 6) is -1.90. The second-order valence-corrected chi connectivity index (χ2v) is 11.2. The van der Waals surface area contributed by atoms with E-state index in [9.17, 15) is 61.5 Å². The molecule has 0 unspecified atom stereocenters. The van der Waals surface area contributed by atoms with Crippen molar-refractivity contribution in [1.29, 1.82) is 0 Å². The van der Waals surface area contributed by atoms with Gasteiger partial charge in [0.15, 0.2) is 12.4 Å². The topological polar surface area (TPSA) is 334 Å². The van der Waals surface area contributed by atoms with Gasteiger partial charge in [-0.15, -0.1) is 0 Å². The second-order valence-electron chi connectivity index (χ2n) is 7.16. The predicted molar refractivity (Wildman–Crippen MR) is 110 cm³/mol. The molecule has 1 saturated heterocycles. The Morgan fingerprint density at radius 1 is 0.821 bits per heavy atom. The van der Waals surface area contributed by atoms with Crippen LogP contribution in [0.15, 0.2) is 0 Å². The molecular weight excluding hydrogens is 632 g/mol. The van der Waals surface area contributed by atoms with Crippen molar-refractivity contribution in [1.82, 2.24) is 10.2 Å². The maximum absolute atomic E-state index is 12.3. The van der Waals surface area contributed by atoms with Gasteiger partial charge in [-0.1, -0.05) is 0 Å². The van der Waals surface area contributed by atoms with E-state index in [1.165, 1.54) is 0 Å². The van der Waals surface area contributed by atoms with Crippen molar-refractivity contribution in [3.05, 3.63) is 0 Å². The summed E-state index contributed by atoms with van der Waals surface area (Å²) in [7, 11) is -21.7. The predicted octanol–water partition coefficient (Wildman–Crippen LogP) is -5.66. The fraction of sp³-hybridized carbons (Fsp3) is 0.846. The van der Waals surface area contributed by atoms with Crippen LogP contribution in [0.4, 0.5) is 0 Å². The summed E-state index contributed by atoms with van der Waals surface area (Å²) < 4.78 is 158. The van der Waals surface area contributed by atoms with Crippen molar-refractivity contribution >= 4 is 53.4 Å². The molecule has 26 heteroatoms. The van der Waals surface area contributed by atoms with Crippen molar-refractivity contribution in [2.75, 3.05) is 33.4 Å². The molecule has 0 saturated carbocycles. The van der Waals surface area contributed by atoms with Gasteiger partial charge < -0.3 is 37.9 Å². The molecule has 39 heavy (non-hydrogen) atoms. The summed E-state index contributed by atoms with van der Waals surface area (Å²) in [6.07, 6.45) is -11.9. The van der Waals surface area contributed by atoms with Crippen LogP contribution in [0.1, 0.15) is 6.92 Å². The molecule has 1 aliphatic rings. The molecule has 0 aromatic heterocycles. The molecule has 1 aliphatic heterocycles. The van der Waals surface area contributed by atoms with E-state index < -0.39 is 110 Å². The van der Waals surface area contributed by atoms with Crippen LogP contribution in [-0.2, 0) is 77.4 Å². The molecule has 0 radical (unpaired) electrons. The van der Waals surface area contributed by atoms with Gasteiger partial charge in [0, 0.05) is 27.1 Å². The number of hydrogen-bond acceptors (Lipinski definition) is 20. The fourth-order valence-electron chi connectivity index (χ4n) is 3.01. The van der Waals surface area contributed by atoms with Crippen LogP contribution in [0.3, 0.4) is 0 Å². The van der Waals surface area contributed by atoms with Gasteiger partial charge in [0.05, 0.1) is 13.2 Å². The van der Waals surface area contributed by atoms with Crippen molar-refractivity contribution < 1.29 is 87.7 Å². The molecule has 0 aromatic carbocycles. The quantitative estimate of drug-likeness (QED) is 0.127. The van der Waals surface area contributed by atoms with E-state index in [0.29, 0.717) is 4.90 Å². The molecule has 1 fully saturated rings. The van der Waals surface area contributed by atoms with E-state index in [0.717, 1.165) is 14.0 Å². The van der Waals surface area contributed by atoms with Gasteiger partial charge in [0.25, 0.3) is 0 Å². The van der Waals surface area contributed by atoms with Gasteiger partial charge in [0.2, 0.25) is 53.4 Å². The number of carbonyl (C=O) groups excluding carboxylic acids is 2. The second kappa shape index (κ2) is 13.8. The van der Waals surface area contributed by atoms with Crippen LogP contribution in [0, 0.1) is 0 Å². The first kappa shape index (κ1) is 35.4. The van der Waals surface area contributed by atoms with E-state index in [1.807, 2.05) is 5.32 Å². The van der Waals surface area contributed by atoms with Crippen LogP contribution in [0.5, 0.6) is 0 Å². The Morgan fingerprint density at radius 3 is 1.74 bits per heavy atom. The van der Waals surface area contributed by atoms with Crippen molar-refractivity contribution in [3.63, 3.8) is 0 Å². The number of nitrogens with one attached hydrogen (secondary N) is 1. The zero-order valence-corrected chi connectivity index (χ0v) is 22.7. The van der Waals surface area contributed by atoms with Gasteiger partial charge in [-0.25, -0.2) is 33.7 Å². The number of amides is 2. The minimum Gasteiger partial charge on any atom is -0.726 e. The van der Waals surface area contributed by atoms with E-state index in [2.05, 4.69) is 16.7 Å². The summed E-state index contributed by atoms with van der Waals surface area (Å²) in [5.41, 5.74) is 0. The standard InChI is InChI=1S/C13H24N2O20S4/c1-7(16)15(3-4-31-36(18,19)20)6-9(17)14-5-8-10(33-37(21,22)23)11(34-38(24,25)26)12(13(30-2)32-8)35-39(27,28)29/h8,10-13H,3-6H2,1-2H3,(H,14,17)(H,18,19,20)(H,21,22,23)(H,24,25,26)(H,27,28,29)/p-4/t8-,10-,11+,12+,13+/m1/s1. The summed E-state index contributed by atoms with van der Waals surface area (Å²) in [6, 6.07) is 0. The summed E-state index contributed by atoms with van der Waals surface area (Å²) in [4.78, 5) is 24.7. The van der Waals surface area contributed by atoms with Crippen LogP contribution in [0.25, 0.3) is 0 Å². The molecule has 2 amide bonds. The Hall–Kier alpha value is -1.66. The van der Waals surface area contributed by atoms with E-state index >= 15 is 0 Å². The van der Waals surface area contributed by atoms with Crippen LogP contribution < -0.4 is 5.32 Å². The molecule has 0 spiro atoms. The lowest BCUT2D eigenvalue weighted by atomic mass is 9.99. The summed E-state index contributed by atoms with van der Waals surface area (Å²) in [5, 5.41) is 2.04. The lowest BCUT2D eigenvalue weighted by Crippen LogP contribution is -2.64. The minimum absolute atomic E-state index is 0.573. The van der Waals surface area contributed by atoms with Gasteiger partial charge in [-0.3, -0.25) is 26.3 Å². The van der Waals surface area contributed by atoms with E-state index in [4.69, 9.17) is 9.47 Å². The Balaban J connectivity index is 3.22. The Labute approximate surface area is 222 Å². The first-order valence-electron chi connectivity index (χ1n) is 9.74. The van der Waals surface area contributed by atoms with Crippen LogP contribution >= 0.6 is 0 Å². The number of rotatable bonds is 15. The third kappa shape index (κ3) is 14.0. The molecule has 0 aliphatic carbocycles. The molecule has 230 valence electrons.